The number of hydrogen-bond acceptors (Lipinski definition) is 2. The minimum absolute atomic E-state index is 0.163. The number of rotatable bonds is 5. The van der Waals surface area contributed by atoms with Crippen LogP contribution in [-0.2, 0) is 4.79 Å². The van der Waals surface area contributed by atoms with Gasteiger partial charge in [-0.2, -0.15) is 0 Å². The van der Waals surface area contributed by atoms with Gasteiger partial charge in [0.1, 0.15) is 0 Å². The van der Waals surface area contributed by atoms with Crippen molar-refractivity contribution in [3.05, 3.63) is 11.1 Å². The Hall–Kier alpha value is -0.350. The lowest BCUT2D eigenvalue weighted by Gasteiger charge is -2.16. The molecule has 0 saturated heterocycles. The second-order valence-corrected chi connectivity index (χ2v) is 4.48. The molecule has 0 spiro atoms. The summed E-state index contributed by atoms with van der Waals surface area (Å²) in [6, 6.07) is 0.501. The van der Waals surface area contributed by atoms with Gasteiger partial charge in [0, 0.05) is 24.1 Å². The van der Waals surface area contributed by atoms with E-state index in [9.17, 15) is 4.79 Å². The third-order valence-corrected chi connectivity index (χ3v) is 2.36. The fourth-order valence-electron chi connectivity index (χ4n) is 1.10. The Kier molecular flexibility index (Phi) is 3.93. The van der Waals surface area contributed by atoms with Gasteiger partial charge < -0.3 is 10.2 Å². The van der Waals surface area contributed by atoms with E-state index in [4.69, 9.17) is 0 Å². The molecule has 1 aliphatic rings. The van der Waals surface area contributed by atoms with Crippen LogP contribution in [0.15, 0.2) is 11.1 Å². The molecule has 0 aromatic heterocycles. The van der Waals surface area contributed by atoms with E-state index in [1.165, 1.54) is 0 Å². The van der Waals surface area contributed by atoms with Crippen LogP contribution in [0.1, 0.15) is 12.8 Å². The van der Waals surface area contributed by atoms with Crippen molar-refractivity contribution < 1.29 is 4.79 Å². The average Bonchev–Trinajstić information content (AvgIpc) is 2.84. The molecule has 0 bridgehead atoms. The van der Waals surface area contributed by atoms with Gasteiger partial charge in [-0.15, -0.1) is 0 Å². The van der Waals surface area contributed by atoms with Gasteiger partial charge in [-0.1, -0.05) is 22.5 Å². The van der Waals surface area contributed by atoms with Crippen LogP contribution < -0.4 is 5.32 Å². The fraction of sp³-hybridized carbons (Fsp3) is 0.667. The van der Waals surface area contributed by atoms with Crippen molar-refractivity contribution in [3.63, 3.8) is 0 Å². The Morgan fingerprint density at radius 2 is 2.23 bits per heavy atom. The fourth-order valence-corrected chi connectivity index (χ4v) is 1.29. The molecule has 0 aromatic rings. The third kappa shape index (κ3) is 3.91. The number of halogens is 1. The van der Waals surface area contributed by atoms with Crippen molar-refractivity contribution in [1.82, 2.24) is 10.2 Å². The molecule has 1 saturated carbocycles. The highest BCUT2D eigenvalue weighted by Crippen LogP contribution is 2.24. The maximum atomic E-state index is 11.4. The molecule has 0 radical (unpaired) electrons. The van der Waals surface area contributed by atoms with Crippen LogP contribution in [0.25, 0.3) is 0 Å². The van der Waals surface area contributed by atoms with Crippen LogP contribution in [0, 0.1) is 0 Å². The Labute approximate surface area is 87.3 Å². The van der Waals surface area contributed by atoms with Crippen LogP contribution in [0.5, 0.6) is 0 Å². The number of likely N-dealkylation sites (N-methyl/N-ethyl adjacent to an activating group) is 1. The molecule has 0 heterocycles. The lowest BCUT2D eigenvalue weighted by Crippen LogP contribution is -2.37. The summed E-state index contributed by atoms with van der Waals surface area (Å²) in [5, 5.41) is 3.01. The second-order valence-electron chi connectivity index (χ2n) is 3.36. The second kappa shape index (κ2) is 4.77. The molecule has 0 unspecified atom stereocenters. The van der Waals surface area contributed by atoms with E-state index in [1.54, 1.807) is 0 Å². The molecule has 1 aliphatic carbocycles. The van der Waals surface area contributed by atoms with E-state index >= 15 is 0 Å². The molecule has 13 heavy (non-hydrogen) atoms. The number of carbonyl (C=O) groups excluding carboxylic acids is 1. The highest BCUT2D eigenvalue weighted by Gasteiger charge is 2.28. The van der Waals surface area contributed by atoms with Crippen LogP contribution in [0.2, 0.25) is 0 Å². The van der Waals surface area contributed by atoms with E-state index < -0.39 is 0 Å². The molecular formula is C9H15BrN2O. The zero-order valence-corrected chi connectivity index (χ0v) is 9.43. The zero-order valence-electron chi connectivity index (χ0n) is 7.85. The summed E-state index contributed by atoms with van der Waals surface area (Å²) in [7, 11) is 1.87. The average molecular weight is 247 g/mol. The number of amides is 1. The quantitative estimate of drug-likeness (QED) is 0.789. The molecule has 1 amide bonds. The van der Waals surface area contributed by atoms with Gasteiger partial charge in [0.2, 0.25) is 5.91 Å². The van der Waals surface area contributed by atoms with Gasteiger partial charge in [0.05, 0.1) is 6.54 Å². The molecule has 0 aromatic carbocycles. The Morgan fingerprint density at radius 3 is 2.69 bits per heavy atom. The Bertz CT molecular complexity index is 214. The lowest BCUT2D eigenvalue weighted by molar-refractivity contribution is -0.129. The van der Waals surface area contributed by atoms with E-state index in [-0.39, 0.29) is 5.91 Å². The smallest absolute Gasteiger partial charge is 0.236 e. The highest BCUT2D eigenvalue weighted by atomic mass is 79.9. The van der Waals surface area contributed by atoms with Crippen LogP contribution in [-0.4, -0.2) is 37.0 Å². The molecule has 0 aliphatic heterocycles. The maximum absolute atomic E-state index is 11.4. The molecule has 74 valence electrons. The van der Waals surface area contributed by atoms with Crippen molar-refractivity contribution in [2.45, 2.75) is 18.9 Å². The monoisotopic (exact) mass is 246 g/mol. The molecule has 1 rings (SSSR count). The van der Waals surface area contributed by atoms with Gasteiger partial charge in [-0.05, 0) is 12.8 Å². The Morgan fingerprint density at radius 1 is 1.62 bits per heavy atom. The maximum Gasteiger partial charge on any atom is 0.236 e. The van der Waals surface area contributed by atoms with Crippen molar-refractivity contribution >= 4 is 21.8 Å². The van der Waals surface area contributed by atoms with Gasteiger partial charge in [0.15, 0.2) is 0 Å². The van der Waals surface area contributed by atoms with Crippen LogP contribution in [0.4, 0.5) is 0 Å². The van der Waals surface area contributed by atoms with Crippen LogP contribution >= 0.6 is 15.9 Å². The number of nitrogens with one attached hydrogen (secondary N) is 1. The van der Waals surface area contributed by atoms with Crippen molar-refractivity contribution in [1.29, 1.82) is 0 Å². The van der Waals surface area contributed by atoms with Crippen LogP contribution in [0.3, 0.4) is 0 Å². The standard InChI is InChI=1S/C9H15BrN2O/c1-7(10)5-11-6-9(13)12(2)8-3-4-8/h8,11H,1,3-6H2,2H3. The molecule has 4 heteroatoms. The topological polar surface area (TPSA) is 32.3 Å². The van der Waals surface area contributed by atoms with Gasteiger partial charge in [-0.25, -0.2) is 0 Å². The molecule has 1 N–H and O–H groups in total. The van der Waals surface area contributed by atoms with Gasteiger partial charge in [0.25, 0.3) is 0 Å². The largest absolute Gasteiger partial charge is 0.342 e. The number of nitrogens with zero attached hydrogens (tertiary/aromatic N) is 1. The first-order valence-corrected chi connectivity index (χ1v) is 5.20. The normalized spacial score (nSPS) is 15.5. The molecule has 1 fully saturated rings. The predicted molar refractivity (Wildman–Crippen MR) is 56.7 cm³/mol. The number of hydrogen-bond donors (Lipinski definition) is 1. The first-order chi connectivity index (χ1) is 6.11. The van der Waals surface area contributed by atoms with Crippen molar-refractivity contribution in [2.24, 2.45) is 0 Å². The first-order valence-electron chi connectivity index (χ1n) is 4.41. The Balaban J connectivity index is 2.13. The van der Waals surface area contributed by atoms with E-state index in [1.807, 2.05) is 11.9 Å². The van der Waals surface area contributed by atoms with Gasteiger partial charge in [-0.3, -0.25) is 4.79 Å². The van der Waals surface area contributed by atoms with Crippen molar-refractivity contribution in [2.75, 3.05) is 20.1 Å². The van der Waals surface area contributed by atoms with E-state index in [2.05, 4.69) is 27.8 Å². The summed E-state index contributed by atoms with van der Waals surface area (Å²) in [5.41, 5.74) is 0. The van der Waals surface area contributed by atoms with Crippen molar-refractivity contribution in [3.8, 4) is 0 Å². The highest BCUT2D eigenvalue weighted by molar-refractivity contribution is 9.11. The summed E-state index contributed by atoms with van der Waals surface area (Å²) in [6.45, 7) is 4.72. The predicted octanol–water partition coefficient (Wildman–Crippen LogP) is 1.11. The van der Waals surface area contributed by atoms with Gasteiger partial charge >= 0.3 is 0 Å². The van der Waals surface area contributed by atoms with E-state index in [0.717, 1.165) is 17.3 Å². The SMILES string of the molecule is C=C(Br)CNCC(=O)N(C)C1CC1. The lowest BCUT2D eigenvalue weighted by atomic mass is 10.4. The molecular weight excluding hydrogens is 232 g/mol. The zero-order chi connectivity index (χ0) is 9.84. The summed E-state index contributed by atoms with van der Waals surface area (Å²) in [5.74, 6) is 0.163. The third-order valence-electron chi connectivity index (χ3n) is 2.08. The summed E-state index contributed by atoms with van der Waals surface area (Å²) >= 11 is 3.22. The summed E-state index contributed by atoms with van der Waals surface area (Å²) in [6.07, 6.45) is 2.32. The summed E-state index contributed by atoms with van der Waals surface area (Å²) in [4.78, 5) is 13.2. The summed E-state index contributed by atoms with van der Waals surface area (Å²) < 4.78 is 0.870. The number of carbonyl (C=O) groups is 1. The van der Waals surface area contributed by atoms with E-state index in [0.29, 0.717) is 19.1 Å². The minimum atomic E-state index is 0.163. The molecule has 3 nitrogen and oxygen atoms in total. The molecule has 0 atom stereocenters. The minimum Gasteiger partial charge on any atom is -0.342 e. The first kappa shape index (κ1) is 10.7.